The highest BCUT2D eigenvalue weighted by atomic mass is 16.5. The third kappa shape index (κ3) is 5.61. The Morgan fingerprint density at radius 2 is 1.74 bits per heavy atom. The number of piperidine rings is 1. The van der Waals surface area contributed by atoms with E-state index in [2.05, 4.69) is 20.5 Å². The fraction of sp³-hybridized carbons (Fsp3) is 0.310. The maximum absolute atomic E-state index is 13.0. The van der Waals surface area contributed by atoms with Crippen LogP contribution in [0.4, 0.5) is 10.6 Å². The first-order chi connectivity index (χ1) is 18.4. The highest BCUT2D eigenvalue weighted by Crippen LogP contribution is 2.38. The number of primary amides is 1. The van der Waals surface area contributed by atoms with Crippen molar-refractivity contribution in [2.75, 3.05) is 4.90 Å². The fourth-order valence-electron chi connectivity index (χ4n) is 5.56. The lowest BCUT2D eigenvalue weighted by atomic mass is 9.96. The Bertz CT molecular complexity index is 1310. The first-order valence-electron chi connectivity index (χ1n) is 12.8. The summed E-state index contributed by atoms with van der Waals surface area (Å²) in [5.74, 6) is 0.879. The molecule has 2 unspecified atom stereocenters. The maximum Gasteiger partial charge on any atom is 0.409 e. The molecule has 38 heavy (non-hydrogen) atoms. The first kappa shape index (κ1) is 25.3. The van der Waals surface area contributed by atoms with Crippen LogP contribution in [-0.2, 0) is 6.54 Å². The number of ether oxygens (including phenoxy) is 1. The Morgan fingerprint density at radius 1 is 1.00 bits per heavy atom. The van der Waals surface area contributed by atoms with Crippen LogP contribution in [0.25, 0.3) is 0 Å². The van der Waals surface area contributed by atoms with Crippen molar-refractivity contribution in [3.63, 3.8) is 0 Å². The summed E-state index contributed by atoms with van der Waals surface area (Å²) in [7, 11) is 0. The average molecular weight is 514 g/mol. The lowest BCUT2D eigenvalue weighted by Crippen LogP contribution is -2.50. The molecule has 2 bridgehead atoms. The normalized spacial score (nSPS) is 20.0. The molecule has 1 aromatic heterocycles. The van der Waals surface area contributed by atoms with Gasteiger partial charge in [0, 0.05) is 36.4 Å². The van der Waals surface area contributed by atoms with Crippen LogP contribution in [0.3, 0.4) is 0 Å². The van der Waals surface area contributed by atoms with Crippen molar-refractivity contribution in [2.24, 2.45) is 5.73 Å². The highest BCUT2D eigenvalue weighted by molar-refractivity contribution is 5.96. The number of rotatable bonds is 7. The fourth-order valence-corrected chi connectivity index (χ4v) is 5.56. The maximum atomic E-state index is 13.0. The number of aromatic nitrogens is 1. The SMILES string of the molecule is Cc1cc(OC(N)=O)ccc1C(=O)NC1CC2CCC(C1)N2c1ccc(C(=O)NCc2ccccc2)cn1. The van der Waals surface area contributed by atoms with E-state index >= 15 is 0 Å². The van der Waals surface area contributed by atoms with E-state index in [9.17, 15) is 14.4 Å². The van der Waals surface area contributed by atoms with Crippen molar-refractivity contribution in [3.05, 3.63) is 89.1 Å². The van der Waals surface area contributed by atoms with Gasteiger partial charge in [-0.25, -0.2) is 9.78 Å². The molecule has 2 fully saturated rings. The Labute approximate surface area is 221 Å². The zero-order chi connectivity index (χ0) is 26.6. The van der Waals surface area contributed by atoms with Crippen molar-refractivity contribution in [1.29, 1.82) is 0 Å². The van der Waals surface area contributed by atoms with Crippen LogP contribution in [0, 0.1) is 6.92 Å². The molecule has 4 N–H and O–H groups in total. The summed E-state index contributed by atoms with van der Waals surface area (Å²) in [5, 5.41) is 6.13. The third-order valence-corrected chi connectivity index (χ3v) is 7.30. The van der Waals surface area contributed by atoms with E-state index < -0.39 is 6.09 Å². The Morgan fingerprint density at radius 3 is 2.37 bits per heavy atom. The topological polar surface area (TPSA) is 127 Å². The number of pyridine rings is 1. The lowest BCUT2D eigenvalue weighted by molar-refractivity contribution is 0.0924. The van der Waals surface area contributed by atoms with Gasteiger partial charge in [-0.2, -0.15) is 0 Å². The quantitative estimate of drug-likeness (QED) is 0.442. The summed E-state index contributed by atoms with van der Waals surface area (Å²) in [6, 6.07) is 19.0. The van der Waals surface area contributed by atoms with E-state index in [4.69, 9.17) is 10.5 Å². The second-order valence-electron chi connectivity index (χ2n) is 9.91. The molecule has 2 aliphatic heterocycles. The number of carbonyl (C=O) groups is 3. The van der Waals surface area contributed by atoms with Crippen LogP contribution in [0.15, 0.2) is 66.9 Å². The zero-order valence-corrected chi connectivity index (χ0v) is 21.2. The van der Waals surface area contributed by atoms with Gasteiger partial charge in [0.2, 0.25) is 0 Å². The number of carbonyl (C=O) groups excluding carboxylic acids is 3. The predicted octanol–water partition coefficient (Wildman–Crippen LogP) is 3.71. The predicted molar refractivity (Wildman–Crippen MR) is 143 cm³/mol. The van der Waals surface area contributed by atoms with Gasteiger partial charge in [-0.05, 0) is 74.1 Å². The van der Waals surface area contributed by atoms with Gasteiger partial charge in [0.1, 0.15) is 11.6 Å². The Balaban J connectivity index is 1.18. The second kappa shape index (κ2) is 10.9. The van der Waals surface area contributed by atoms with E-state index in [1.807, 2.05) is 42.5 Å². The molecule has 2 aliphatic rings. The zero-order valence-electron chi connectivity index (χ0n) is 21.2. The van der Waals surface area contributed by atoms with Crippen LogP contribution in [0.5, 0.6) is 5.75 Å². The molecule has 3 aromatic rings. The minimum Gasteiger partial charge on any atom is -0.410 e. The van der Waals surface area contributed by atoms with Crippen molar-refractivity contribution in [1.82, 2.24) is 15.6 Å². The van der Waals surface area contributed by atoms with Crippen molar-refractivity contribution in [3.8, 4) is 5.75 Å². The summed E-state index contributed by atoms with van der Waals surface area (Å²) in [4.78, 5) is 43.5. The molecule has 3 amide bonds. The van der Waals surface area contributed by atoms with Gasteiger partial charge in [-0.3, -0.25) is 9.59 Å². The van der Waals surface area contributed by atoms with Crippen LogP contribution in [0.2, 0.25) is 0 Å². The van der Waals surface area contributed by atoms with Crippen molar-refractivity contribution in [2.45, 2.75) is 57.3 Å². The van der Waals surface area contributed by atoms with Crippen LogP contribution < -0.4 is 26.0 Å². The first-order valence-corrected chi connectivity index (χ1v) is 12.8. The molecule has 0 saturated carbocycles. The van der Waals surface area contributed by atoms with Gasteiger partial charge in [0.05, 0.1) is 5.56 Å². The van der Waals surface area contributed by atoms with E-state index in [1.165, 1.54) is 0 Å². The minimum atomic E-state index is -0.890. The number of benzene rings is 2. The van der Waals surface area contributed by atoms with E-state index in [-0.39, 0.29) is 29.9 Å². The molecule has 196 valence electrons. The van der Waals surface area contributed by atoms with Gasteiger partial charge in [0.15, 0.2) is 0 Å². The Kier molecular flexibility index (Phi) is 7.26. The summed E-state index contributed by atoms with van der Waals surface area (Å²) >= 11 is 0. The van der Waals surface area contributed by atoms with Gasteiger partial charge in [-0.15, -0.1) is 0 Å². The standard InChI is InChI=1S/C29H31N5O4/c1-18-13-24(38-29(30)37)10-11-25(18)28(36)33-21-14-22-8-9-23(15-21)34(22)26-12-7-20(17-31-26)27(35)32-16-19-5-3-2-4-6-19/h2-7,10-13,17,21-23H,8-9,14-16H2,1H3,(H2,30,37)(H,32,35)(H,33,36). The van der Waals surface area contributed by atoms with Gasteiger partial charge < -0.3 is 26.0 Å². The molecular weight excluding hydrogens is 482 g/mol. The summed E-state index contributed by atoms with van der Waals surface area (Å²) in [6.07, 6.45) is 4.47. The summed E-state index contributed by atoms with van der Waals surface area (Å²) in [5.41, 5.74) is 7.89. The minimum absolute atomic E-state index is 0.0558. The number of aryl methyl sites for hydroxylation is 1. The summed E-state index contributed by atoms with van der Waals surface area (Å²) in [6.45, 7) is 2.27. The smallest absolute Gasteiger partial charge is 0.409 e. The number of anilines is 1. The summed E-state index contributed by atoms with van der Waals surface area (Å²) < 4.78 is 4.89. The monoisotopic (exact) mass is 513 g/mol. The van der Waals surface area contributed by atoms with Gasteiger partial charge >= 0.3 is 6.09 Å². The molecule has 2 aromatic carbocycles. The number of hydrogen-bond acceptors (Lipinski definition) is 6. The number of nitrogens with two attached hydrogens (primary N) is 1. The molecule has 9 heteroatoms. The van der Waals surface area contributed by atoms with E-state index in [1.54, 1.807) is 31.3 Å². The van der Waals surface area contributed by atoms with Crippen LogP contribution in [-0.4, -0.2) is 41.0 Å². The van der Waals surface area contributed by atoms with Crippen LogP contribution >= 0.6 is 0 Å². The lowest BCUT2D eigenvalue weighted by Gasteiger charge is -2.40. The van der Waals surface area contributed by atoms with Crippen molar-refractivity contribution >= 4 is 23.7 Å². The molecule has 0 aliphatic carbocycles. The van der Waals surface area contributed by atoms with E-state index in [0.717, 1.165) is 37.1 Å². The molecule has 0 spiro atoms. The molecule has 9 nitrogen and oxygen atoms in total. The molecule has 2 saturated heterocycles. The Hall–Kier alpha value is -4.40. The number of hydrogen-bond donors (Lipinski definition) is 3. The van der Waals surface area contributed by atoms with Gasteiger partial charge in [0.25, 0.3) is 11.8 Å². The number of amides is 3. The molecular formula is C29H31N5O4. The van der Waals surface area contributed by atoms with E-state index in [0.29, 0.717) is 29.0 Å². The molecule has 5 rings (SSSR count). The number of nitrogens with zero attached hydrogens (tertiary/aromatic N) is 2. The van der Waals surface area contributed by atoms with Gasteiger partial charge in [-0.1, -0.05) is 30.3 Å². The number of fused-ring (bicyclic) bond motifs is 2. The third-order valence-electron chi connectivity index (χ3n) is 7.30. The molecule has 3 heterocycles. The van der Waals surface area contributed by atoms with Crippen molar-refractivity contribution < 1.29 is 19.1 Å². The largest absolute Gasteiger partial charge is 0.410 e. The van der Waals surface area contributed by atoms with Crippen LogP contribution in [0.1, 0.15) is 57.5 Å². The highest BCUT2D eigenvalue weighted by Gasteiger charge is 2.41. The number of nitrogens with one attached hydrogen (secondary N) is 2. The second-order valence-corrected chi connectivity index (χ2v) is 9.91. The average Bonchev–Trinajstić information content (AvgIpc) is 3.17. The molecule has 2 atom stereocenters. The molecule has 0 radical (unpaired) electrons.